The fourth-order valence-corrected chi connectivity index (χ4v) is 4.66. The minimum absolute atomic E-state index is 0.0367. The van der Waals surface area contributed by atoms with E-state index in [-0.39, 0.29) is 11.9 Å². The molecular formula is C24H38N4O2. The Balaban J connectivity index is 1.35. The summed E-state index contributed by atoms with van der Waals surface area (Å²) in [6, 6.07) is 8.47. The lowest BCUT2D eigenvalue weighted by atomic mass is 9.93. The molecule has 1 aromatic rings. The van der Waals surface area contributed by atoms with Crippen molar-refractivity contribution >= 4 is 17.6 Å². The summed E-state index contributed by atoms with van der Waals surface area (Å²) in [7, 11) is 0. The molecule has 0 radical (unpaired) electrons. The van der Waals surface area contributed by atoms with Crippen molar-refractivity contribution in [1.82, 2.24) is 15.1 Å². The van der Waals surface area contributed by atoms with Gasteiger partial charge in [0.2, 0.25) is 5.91 Å². The number of anilines is 1. The highest BCUT2D eigenvalue weighted by Crippen LogP contribution is 2.22. The first-order valence-electron chi connectivity index (χ1n) is 11.6. The van der Waals surface area contributed by atoms with Crippen LogP contribution in [0.3, 0.4) is 0 Å². The van der Waals surface area contributed by atoms with Gasteiger partial charge in [0.15, 0.2) is 0 Å². The van der Waals surface area contributed by atoms with Gasteiger partial charge in [-0.15, -0.1) is 0 Å². The van der Waals surface area contributed by atoms with Crippen molar-refractivity contribution in [2.24, 2.45) is 5.92 Å². The average molecular weight is 415 g/mol. The largest absolute Gasteiger partial charge is 0.355 e. The minimum atomic E-state index is -0.0367. The Labute approximate surface area is 181 Å². The molecule has 0 spiro atoms. The SMILES string of the molecule is Cc1cccc(NC(=O)N2CCC[C@H](CCC(=O)NCCN3CCCC[C@@H]3C)C2)c1. The molecule has 2 atom stereocenters. The molecule has 2 aliphatic heterocycles. The first-order valence-corrected chi connectivity index (χ1v) is 11.6. The zero-order valence-electron chi connectivity index (χ0n) is 18.7. The fraction of sp³-hybridized carbons (Fsp3) is 0.667. The van der Waals surface area contributed by atoms with Gasteiger partial charge in [-0.2, -0.15) is 0 Å². The second-order valence-corrected chi connectivity index (χ2v) is 9.02. The van der Waals surface area contributed by atoms with Crippen LogP contribution in [0.2, 0.25) is 0 Å². The molecule has 2 heterocycles. The third-order valence-corrected chi connectivity index (χ3v) is 6.52. The number of nitrogens with one attached hydrogen (secondary N) is 2. The van der Waals surface area contributed by atoms with E-state index in [9.17, 15) is 9.59 Å². The third kappa shape index (κ3) is 7.01. The van der Waals surface area contributed by atoms with E-state index in [4.69, 9.17) is 0 Å². The van der Waals surface area contributed by atoms with Crippen LogP contribution in [-0.4, -0.2) is 60.5 Å². The van der Waals surface area contributed by atoms with Crippen molar-refractivity contribution in [3.63, 3.8) is 0 Å². The fourth-order valence-electron chi connectivity index (χ4n) is 4.66. The molecule has 2 aliphatic rings. The average Bonchev–Trinajstić information content (AvgIpc) is 2.74. The molecule has 0 saturated carbocycles. The molecule has 166 valence electrons. The maximum Gasteiger partial charge on any atom is 0.321 e. The number of nitrogens with zero attached hydrogens (tertiary/aromatic N) is 2. The zero-order chi connectivity index (χ0) is 21.3. The van der Waals surface area contributed by atoms with Gasteiger partial charge in [-0.25, -0.2) is 4.79 Å². The second kappa shape index (κ2) is 11.3. The predicted molar refractivity (Wildman–Crippen MR) is 122 cm³/mol. The molecular weight excluding hydrogens is 376 g/mol. The van der Waals surface area contributed by atoms with E-state index in [1.807, 2.05) is 36.1 Å². The van der Waals surface area contributed by atoms with E-state index in [1.54, 1.807) is 0 Å². The van der Waals surface area contributed by atoms with Gasteiger partial charge in [-0.05, 0) is 76.1 Å². The lowest BCUT2D eigenvalue weighted by Gasteiger charge is -2.33. The topological polar surface area (TPSA) is 64.7 Å². The van der Waals surface area contributed by atoms with E-state index < -0.39 is 0 Å². The Morgan fingerprint density at radius 2 is 2.00 bits per heavy atom. The van der Waals surface area contributed by atoms with Gasteiger partial charge in [0.05, 0.1) is 0 Å². The molecule has 2 N–H and O–H groups in total. The van der Waals surface area contributed by atoms with Crippen LogP contribution >= 0.6 is 0 Å². The molecule has 6 nitrogen and oxygen atoms in total. The van der Waals surface area contributed by atoms with Crippen molar-refractivity contribution in [2.45, 2.75) is 64.8 Å². The zero-order valence-corrected chi connectivity index (χ0v) is 18.7. The van der Waals surface area contributed by atoms with Crippen LogP contribution in [0, 0.1) is 12.8 Å². The van der Waals surface area contributed by atoms with Crippen molar-refractivity contribution in [3.8, 4) is 0 Å². The van der Waals surface area contributed by atoms with E-state index in [2.05, 4.69) is 22.5 Å². The second-order valence-electron chi connectivity index (χ2n) is 9.02. The number of urea groups is 1. The summed E-state index contributed by atoms with van der Waals surface area (Å²) in [6.07, 6.45) is 7.35. The maximum absolute atomic E-state index is 12.6. The smallest absolute Gasteiger partial charge is 0.321 e. The Bertz CT molecular complexity index is 708. The number of piperidine rings is 2. The predicted octanol–water partition coefficient (Wildman–Crippen LogP) is 4.01. The van der Waals surface area contributed by atoms with Crippen LogP contribution in [0.25, 0.3) is 0 Å². The third-order valence-electron chi connectivity index (χ3n) is 6.52. The summed E-state index contributed by atoms with van der Waals surface area (Å²) in [5.74, 6) is 0.538. The number of hydrogen-bond acceptors (Lipinski definition) is 3. The normalized spacial score (nSPS) is 22.5. The Hall–Kier alpha value is -2.08. The van der Waals surface area contributed by atoms with E-state index in [0.717, 1.165) is 63.2 Å². The standard InChI is InChI=1S/C24H38N4O2/c1-19-7-5-10-22(17-19)26-24(30)28-15-6-9-21(18-28)11-12-23(29)25-13-16-27-14-4-3-8-20(27)2/h5,7,10,17,20-21H,3-4,6,8-9,11-16,18H2,1-2H3,(H,25,29)(H,26,30)/t20-,21+/m0/s1. The molecule has 30 heavy (non-hydrogen) atoms. The number of amides is 3. The van der Waals surface area contributed by atoms with Crippen LogP contribution in [0.4, 0.5) is 10.5 Å². The van der Waals surface area contributed by atoms with Crippen LogP contribution < -0.4 is 10.6 Å². The van der Waals surface area contributed by atoms with Crippen molar-refractivity contribution in [1.29, 1.82) is 0 Å². The van der Waals surface area contributed by atoms with Gasteiger partial charge in [0, 0.05) is 44.3 Å². The molecule has 2 fully saturated rings. The van der Waals surface area contributed by atoms with Crippen molar-refractivity contribution in [2.75, 3.05) is 38.0 Å². The van der Waals surface area contributed by atoms with Crippen LogP contribution in [0.5, 0.6) is 0 Å². The van der Waals surface area contributed by atoms with Gasteiger partial charge in [0.25, 0.3) is 0 Å². The minimum Gasteiger partial charge on any atom is -0.355 e. The molecule has 3 amide bonds. The first kappa shape index (κ1) is 22.6. The van der Waals surface area contributed by atoms with E-state index in [1.165, 1.54) is 19.3 Å². The van der Waals surface area contributed by atoms with Gasteiger partial charge in [-0.3, -0.25) is 9.69 Å². The Morgan fingerprint density at radius 3 is 2.80 bits per heavy atom. The van der Waals surface area contributed by atoms with Crippen LogP contribution in [-0.2, 0) is 4.79 Å². The number of carbonyl (C=O) groups is 2. The molecule has 3 rings (SSSR count). The molecule has 6 heteroatoms. The van der Waals surface area contributed by atoms with Gasteiger partial charge < -0.3 is 15.5 Å². The lowest BCUT2D eigenvalue weighted by Crippen LogP contribution is -2.43. The van der Waals surface area contributed by atoms with Crippen molar-refractivity contribution in [3.05, 3.63) is 29.8 Å². The highest BCUT2D eigenvalue weighted by atomic mass is 16.2. The molecule has 0 aliphatic carbocycles. The van der Waals surface area contributed by atoms with Gasteiger partial charge >= 0.3 is 6.03 Å². The summed E-state index contributed by atoms with van der Waals surface area (Å²) in [6.45, 7) is 8.65. The number of aryl methyl sites for hydroxylation is 1. The quantitative estimate of drug-likeness (QED) is 0.709. The molecule has 0 unspecified atom stereocenters. The number of carbonyl (C=O) groups excluding carboxylic acids is 2. The summed E-state index contributed by atoms with van der Waals surface area (Å²) in [4.78, 5) is 29.3. The highest BCUT2D eigenvalue weighted by Gasteiger charge is 2.24. The summed E-state index contributed by atoms with van der Waals surface area (Å²) >= 11 is 0. The number of benzene rings is 1. The summed E-state index contributed by atoms with van der Waals surface area (Å²) in [5, 5.41) is 6.09. The molecule has 0 aromatic heterocycles. The summed E-state index contributed by atoms with van der Waals surface area (Å²) in [5.41, 5.74) is 1.97. The van der Waals surface area contributed by atoms with Crippen LogP contribution in [0.15, 0.2) is 24.3 Å². The lowest BCUT2D eigenvalue weighted by molar-refractivity contribution is -0.121. The molecule has 2 saturated heterocycles. The maximum atomic E-state index is 12.6. The first-order chi connectivity index (χ1) is 14.5. The number of hydrogen-bond donors (Lipinski definition) is 2. The van der Waals surface area contributed by atoms with E-state index >= 15 is 0 Å². The molecule has 0 bridgehead atoms. The number of rotatable bonds is 7. The highest BCUT2D eigenvalue weighted by molar-refractivity contribution is 5.89. The summed E-state index contributed by atoms with van der Waals surface area (Å²) < 4.78 is 0. The van der Waals surface area contributed by atoms with E-state index in [0.29, 0.717) is 18.4 Å². The number of likely N-dealkylation sites (tertiary alicyclic amines) is 2. The monoisotopic (exact) mass is 414 g/mol. The Kier molecular flexibility index (Phi) is 8.55. The van der Waals surface area contributed by atoms with Gasteiger partial charge in [-0.1, -0.05) is 18.6 Å². The van der Waals surface area contributed by atoms with Gasteiger partial charge in [0.1, 0.15) is 0 Å². The Morgan fingerprint density at radius 1 is 1.13 bits per heavy atom. The van der Waals surface area contributed by atoms with Crippen molar-refractivity contribution < 1.29 is 9.59 Å². The van der Waals surface area contributed by atoms with Crippen LogP contribution in [0.1, 0.15) is 57.4 Å². The molecule has 1 aromatic carbocycles.